The molecule has 2 N–H and O–H groups in total. The number of nitrogens with zero attached hydrogens (tertiary/aromatic N) is 2. The van der Waals surface area contributed by atoms with Gasteiger partial charge >= 0.3 is 0 Å². The Morgan fingerprint density at radius 1 is 1.16 bits per heavy atom. The van der Waals surface area contributed by atoms with Gasteiger partial charge in [0, 0.05) is 36.2 Å². The van der Waals surface area contributed by atoms with Gasteiger partial charge in [-0.05, 0) is 57.7 Å². The van der Waals surface area contributed by atoms with Crippen molar-refractivity contribution in [2.24, 2.45) is 11.7 Å². The highest BCUT2D eigenvalue weighted by molar-refractivity contribution is 5.96. The number of halogens is 1. The average Bonchev–Trinajstić information content (AvgIpc) is 2.89. The van der Waals surface area contributed by atoms with Crippen LogP contribution in [-0.4, -0.2) is 34.5 Å². The van der Waals surface area contributed by atoms with E-state index < -0.39 is 0 Å². The first-order valence-electron chi connectivity index (χ1n) is 8.78. The van der Waals surface area contributed by atoms with Crippen molar-refractivity contribution in [2.45, 2.75) is 39.7 Å². The minimum Gasteiger partial charge on any atom is -0.339 e. The molecule has 0 radical (unpaired) electrons. The van der Waals surface area contributed by atoms with Crippen molar-refractivity contribution >= 4 is 18.3 Å². The van der Waals surface area contributed by atoms with E-state index in [-0.39, 0.29) is 24.4 Å². The molecule has 1 atom stereocenters. The van der Waals surface area contributed by atoms with Gasteiger partial charge < -0.3 is 15.2 Å². The lowest BCUT2D eigenvalue weighted by atomic mass is 9.90. The number of para-hydroxylation sites is 1. The predicted octanol–water partition coefficient (Wildman–Crippen LogP) is 3.72. The zero-order valence-corrected chi connectivity index (χ0v) is 16.1. The van der Waals surface area contributed by atoms with Crippen molar-refractivity contribution in [1.29, 1.82) is 0 Å². The fourth-order valence-electron chi connectivity index (χ4n) is 3.75. The van der Waals surface area contributed by atoms with Crippen molar-refractivity contribution < 1.29 is 4.79 Å². The van der Waals surface area contributed by atoms with Crippen LogP contribution in [0.5, 0.6) is 0 Å². The van der Waals surface area contributed by atoms with Crippen molar-refractivity contribution in [3.8, 4) is 5.69 Å². The minimum atomic E-state index is 0. The van der Waals surface area contributed by atoms with E-state index in [4.69, 9.17) is 5.73 Å². The zero-order valence-electron chi connectivity index (χ0n) is 15.2. The predicted molar refractivity (Wildman–Crippen MR) is 105 cm³/mol. The molecule has 1 aliphatic rings. The molecular formula is C20H28ClN3O. The monoisotopic (exact) mass is 361 g/mol. The third kappa shape index (κ3) is 3.91. The van der Waals surface area contributed by atoms with Crippen molar-refractivity contribution in [3.63, 3.8) is 0 Å². The number of hydrogen-bond donors (Lipinski definition) is 1. The maximum absolute atomic E-state index is 13.0. The molecule has 0 aliphatic carbocycles. The summed E-state index contributed by atoms with van der Waals surface area (Å²) in [6, 6.07) is 12.4. The molecule has 1 aromatic heterocycles. The highest BCUT2D eigenvalue weighted by Crippen LogP contribution is 2.25. The molecule has 2 heterocycles. The number of benzene rings is 1. The van der Waals surface area contributed by atoms with Gasteiger partial charge in [-0.2, -0.15) is 0 Å². The summed E-state index contributed by atoms with van der Waals surface area (Å²) in [6.45, 7) is 7.76. The van der Waals surface area contributed by atoms with E-state index >= 15 is 0 Å². The largest absolute Gasteiger partial charge is 0.339 e. The summed E-state index contributed by atoms with van der Waals surface area (Å²) in [5.41, 5.74) is 10.0. The highest BCUT2D eigenvalue weighted by Gasteiger charge is 2.27. The molecule has 0 spiro atoms. The van der Waals surface area contributed by atoms with Gasteiger partial charge in [-0.1, -0.05) is 18.2 Å². The number of carbonyl (C=O) groups excluding carboxylic acids is 1. The van der Waals surface area contributed by atoms with Crippen LogP contribution in [0.15, 0.2) is 36.4 Å². The number of aryl methyl sites for hydroxylation is 1. The van der Waals surface area contributed by atoms with Gasteiger partial charge in [-0.15, -0.1) is 12.4 Å². The SMILES string of the molecule is Cc1cc(C(=O)N2CCC(C(C)N)CC2)c(C)n1-c1ccccc1.Cl. The van der Waals surface area contributed by atoms with Gasteiger partial charge in [0.25, 0.3) is 5.91 Å². The van der Waals surface area contributed by atoms with Crippen LogP contribution in [0.2, 0.25) is 0 Å². The second kappa shape index (κ2) is 8.07. The molecule has 136 valence electrons. The molecule has 2 aromatic rings. The van der Waals surface area contributed by atoms with Gasteiger partial charge in [0.1, 0.15) is 0 Å². The number of hydrogen-bond acceptors (Lipinski definition) is 2. The number of nitrogens with two attached hydrogens (primary N) is 1. The lowest BCUT2D eigenvalue weighted by Crippen LogP contribution is -2.42. The Balaban J connectivity index is 0.00000225. The van der Waals surface area contributed by atoms with Gasteiger partial charge in [0.05, 0.1) is 5.56 Å². The topological polar surface area (TPSA) is 51.3 Å². The van der Waals surface area contributed by atoms with E-state index in [0.29, 0.717) is 5.92 Å². The first-order chi connectivity index (χ1) is 11.5. The van der Waals surface area contributed by atoms with Crippen LogP contribution in [0, 0.1) is 19.8 Å². The number of likely N-dealkylation sites (tertiary alicyclic amines) is 1. The Kier molecular flexibility index (Phi) is 6.31. The van der Waals surface area contributed by atoms with Gasteiger partial charge in [0.2, 0.25) is 0 Å². The summed E-state index contributed by atoms with van der Waals surface area (Å²) in [4.78, 5) is 15.0. The normalized spacial score (nSPS) is 16.4. The first kappa shape index (κ1) is 19.5. The summed E-state index contributed by atoms with van der Waals surface area (Å²) < 4.78 is 2.15. The van der Waals surface area contributed by atoms with Crippen molar-refractivity contribution in [2.75, 3.05) is 13.1 Å². The van der Waals surface area contributed by atoms with Gasteiger partial charge in [0.15, 0.2) is 0 Å². The van der Waals surface area contributed by atoms with Gasteiger partial charge in [-0.3, -0.25) is 4.79 Å². The molecule has 3 rings (SSSR count). The van der Waals surface area contributed by atoms with Crippen LogP contribution in [-0.2, 0) is 0 Å². The molecule has 25 heavy (non-hydrogen) atoms. The molecule has 1 amide bonds. The fraction of sp³-hybridized carbons (Fsp3) is 0.450. The number of piperidine rings is 1. The maximum atomic E-state index is 13.0. The molecule has 1 aromatic carbocycles. The summed E-state index contributed by atoms with van der Waals surface area (Å²) in [5, 5.41) is 0. The Hall–Kier alpha value is -1.78. The van der Waals surface area contributed by atoms with E-state index in [1.54, 1.807) is 0 Å². The molecule has 4 nitrogen and oxygen atoms in total. The fourth-order valence-corrected chi connectivity index (χ4v) is 3.75. The summed E-state index contributed by atoms with van der Waals surface area (Å²) >= 11 is 0. The molecular weight excluding hydrogens is 334 g/mol. The quantitative estimate of drug-likeness (QED) is 0.905. The Bertz CT molecular complexity index is 716. The number of amides is 1. The van der Waals surface area contributed by atoms with Crippen LogP contribution in [0.3, 0.4) is 0 Å². The summed E-state index contributed by atoms with van der Waals surface area (Å²) in [5.74, 6) is 0.680. The van der Waals surface area contributed by atoms with Crippen LogP contribution < -0.4 is 5.73 Å². The van der Waals surface area contributed by atoms with E-state index in [0.717, 1.165) is 48.6 Å². The van der Waals surface area contributed by atoms with E-state index in [9.17, 15) is 4.79 Å². The zero-order chi connectivity index (χ0) is 17.3. The molecule has 1 saturated heterocycles. The molecule has 5 heteroatoms. The highest BCUT2D eigenvalue weighted by atomic mass is 35.5. The number of rotatable bonds is 3. The van der Waals surface area contributed by atoms with Crippen LogP contribution >= 0.6 is 12.4 Å². The molecule has 1 aliphatic heterocycles. The summed E-state index contributed by atoms with van der Waals surface area (Å²) in [7, 11) is 0. The van der Waals surface area contributed by atoms with E-state index in [1.165, 1.54) is 0 Å². The number of carbonyl (C=O) groups is 1. The van der Waals surface area contributed by atoms with E-state index in [2.05, 4.69) is 30.5 Å². The first-order valence-corrected chi connectivity index (χ1v) is 8.78. The second-order valence-corrected chi connectivity index (χ2v) is 6.94. The van der Waals surface area contributed by atoms with E-state index in [1.807, 2.05) is 36.1 Å². The molecule has 1 unspecified atom stereocenters. The minimum absolute atomic E-state index is 0. The van der Waals surface area contributed by atoms with Crippen LogP contribution in [0.25, 0.3) is 5.69 Å². The molecule has 0 bridgehead atoms. The molecule has 1 fully saturated rings. The van der Waals surface area contributed by atoms with Crippen molar-refractivity contribution in [3.05, 3.63) is 53.3 Å². The smallest absolute Gasteiger partial charge is 0.255 e. The standard InChI is InChI=1S/C20H27N3O.ClH/c1-14-13-19(16(3)23(14)18-7-5-4-6-8-18)20(24)22-11-9-17(10-12-22)15(2)21;/h4-8,13,15,17H,9-12,21H2,1-3H3;1H. The van der Waals surface area contributed by atoms with Gasteiger partial charge in [-0.25, -0.2) is 0 Å². The van der Waals surface area contributed by atoms with Crippen LogP contribution in [0.4, 0.5) is 0 Å². The second-order valence-electron chi connectivity index (χ2n) is 6.94. The number of aromatic nitrogens is 1. The summed E-state index contributed by atoms with van der Waals surface area (Å²) in [6.07, 6.45) is 2.00. The third-order valence-corrected chi connectivity index (χ3v) is 5.25. The maximum Gasteiger partial charge on any atom is 0.255 e. The Morgan fingerprint density at radius 2 is 1.76 bits per heavy atom. The van der Waals surface area contributed by atoms with Crippen molar-refractivity contribution in [1.82, 2.24) is 9.47 Å². The third-order valence-electron chi connectivity index (χ3n) is 5.25. The Labute approximate surface area is 156 Å². The Morgan fingerprint density at radius 3 is 2.32 bits per heavy atom. The lowest BCUT2D eigenvalue weighted by Gasteiger charge is -2.33. The lowest BCUT2D eigenvalue weighted by molar-refractivity contribution is 0.0680. The van der Waals surface area contributed by atoms with Crippen LogP contribution in [0.1, 0.15) is 41.5 Å². The average molecular weight is 362 g/mol. The molecule has 0 saturated carbocycles.